The second kappa shape index (κ2) is 10.4. The Morgan fingerprint density at radius 2 is 1.72 bits per heavy atom. The number of hydrogen-bond donors (Lipinski definition) is 1. The molecule has 0 aliphatic carbocycles. The van der Waals surface area contributed by atoms with Crippen LogP contribution in [0.2, 0.25) is 0 Å². The summed E-state index contributed by atoms with van der Waals surface area (Å²) in [7, 11) is 0. The zero-order valence-electron chi connectivity index (χ0n) is 11.9. The lowest BCUT2D eigenvalue weighted by Gasteiger charge is -2.35. The van der Waals surface area contributed by atoms with Gasteiger partial charge in [-0.2, -0.15) is 0 Å². The highest BCUT2D eigenvalue weighted by molar-refractivity contribution is 5.85. The summed E-state index contributed by atoms with van der Waals surface area (Å²) in [5, 5.41) is 9.11. The number of ether oxygens (including phenoxy) is 1. The largest absolute Gasteiger partial charge is 1.00 e. The van der Waals surface area contributed by atoms with E-state index in [4.69, 9.17) is 9.84 Å². The van der Waals surface area contributed by atoms with Crippen LogP contribution in [0.15, 0.2) is 11.8 Å². The zero-order valence-corrected chi connectivity index (χ0v) is 13.5. The quantitative estimate of drug-likeness (QED) is 0.210. The average Bonchev–Trinajstić information content (AvgIpc) is 2.38. The van der Waals surface area contributed by atoms with Crippen LogP contribution in [0.1, 0.15) is 34.1 Å². The standard InChI is InChI=1S/C13H25NO3.BrH/c1-5-12(15)13(16)17-11-9-10-14(6-2,7-3)8-4;/h5H,6-11H2,1-4H3;1H. The van der Waals surface area contributed by atoms with Gasteiger partial charge in [0, 0.05) is 6.42 Å². The van der Waals surface area contributed by atoms with Gasteiger partial charge in [-0.3, -0.25) is 0 Å². The molecule has 0 unspecified atom stereocenters. The van der Waals surface area contributed by atoms with Crippen LogP contribution in [0.5, 0.6) is 0 Å². The second-order valence-electron chi connectivity index (χ2n) is 4.18. The number of nitrogens with zero attached hydrogens (tertiary/aromatic N) is 1. The maximum absolute atomic E-state index is 11.2. The van der Waals surface area contributed by atoms with Gasteiger partial charge in [0.1, 0.15) is 0 Å². The van der Waals surface area contributed by atoms with Gasteiger partial charge in [0.25, 0.3) is 0 Å². The Bertz CT molecular complexity index is 255. The number of quaternary nitrogens is 1. The summed E-state index contributed by atoms with van der Waals surface area (Å²) in [5.41, 5.74) is 0. The summed E-state index contributed by atoms with van der Waals surface area (Å²) in [6, 6.07) is 0. The number of aliphatic hydroxyl groups excluding tert-OH is 1. The molecule has 0 aromatic heterocycles. The molecule has 108 valence electrons. The van der Waals surface area contributed by atoms with Crippen molar-refractivity contribution in [3.63, 3.8) is 0 Å². The van der Waals surface area contributed by atoms with Gasteiger partial charge in [0.05, 0.1) is 32.8 Å². The molecule has 0 rings (SSSR count). The number of esters is 1. The van der Waals surface area contributed by atoms with Gasteiger partial charge >= 0.3 is 5.97 Å². The lowest BCUT2D eigenvalue weighted by Crippen LogP contribution is -3.00. The van der Waals surface area contributed by atoms with Crippen molar-refractivity contribution in [3.8, 4) is 0 Å². The fourth-order valence-corrected chi connectivity index (χ4v) is 1.90. The van der Waals surface area contributed by atoms with E-state index in [0.717, 1.165) is 37.1 Å². The van der Waals surface area contributed by atoms with E-state index in [9.17, 15) is 4.79 Å². The van der Waals surface area contributed by atoms with Gasteiger partial charge < -0.3 is 31.3 Å². The number of carbonyl (C=O) groups excluding carboxylic acids is 1. The Labute approximate surface area is 121 Å². The van der Waals surface area contributed by atoms with Crippen molar-refractivity contribution in [2.24, 2.45) is 0 Å². The van der Waals surface area contributed by atoms with Crippen LogP contribution in [-0.4, -0.2) is 48.3 Å². The minimum Gasteiger partial charge on any atom is -1.00 e. The van der Waals surface area contributed by atoms with Gasteiger partial charge in [0.15, 0.2) is 5.76 Å². The molecular weight excluding hydrogens is 298 g/mol. The monoisotopic (exact) mass is 323 g/mol. The third-order valence-electron chi connectivity index (χ3n) is 3.50. The van der Waals surface area contributed by atoms with E-state index >= 15 is 0 Å². The van der Waals surface area contributed by atoms with Crippen LogP contribution in [0.3, 0.4) is 0 Å². The molecule has 0 amide bonds. The first-order valence-electron chi connectivity index (χ1n) is 6.42. The van der Waals surface area contributed by atoms with Crippen molar-refractivity contribution < 1.29 is 36.1 Å². The molecule has 0 atom stereocenters. The van der Waals surface area contributed by atoms with Gasteiger partial charge in [-0.05, 0) is 33.8 Å². The van der Waals surface area contributed by atoms with E-state index in [0.29, 0.717) is 6.61 Å². The first-order valence-corrected chi connectivity index (χ1v) is 6.42. The molecule has 4 nitrogen and oxygen atoms in total. The smallest absolute Gasteiger partial charge is 0.373 e. The second-order valence-corrected chi connectivity index (χ2v) is 4.18. The topological polar surface area (TPSA) is 46.5 Å². The molecule has 1 N–H and O–H groups in total. The van der Waals surface area contributed by atoms with Crippen LogP contribution < -0.4 is 17.0 Å². The molecule has 0 aliphatic rings. The fourth-order valence-electron chi connectivity index (χ4n) is 1.90. The molecule has 0 saturated heterocycles. The summed E-state index contributed by atoms with van der Waals surface area (Å²) in [6.07, 6.45) is 2.17. The van der Waals surface area contributed by atoms with Gasteiger partial charge in [-0.1, -0.05) is 0 Å². The maximum atomic E-state index is 11.2. The summed E-state index contributed by atoms with van der Waals surface area (Å²) < 4.78 is 6.01. The lowest BCUT2D eigenvalue weighted by molar-refractivity contribution is -0.923. The third kappa shape index (κ3) is 6.40. The molecular formula is C13H26BrNO3. The molecule has 0 heterocycles. The summed E-state index contributed by atoms with van der Waals surface area (Å²) >= 11 is 0. The van der Waals surface area contributed by atoms with Crippen molar-refractivity contribution in [1.29, 1.82) is 0 Å². The molecule has 0 spiro atoms. The zero-order chi connectivity index (χ0) is 13.3. The van der Waals surface area contributed by atoms with Gasteiger partial charge in [0.2, 0.25) is 0 Å². The van der Waals surface area contributed by atoms with Crippen molar-refractivity contribution in [2.75, 3.05) is 32.8 Å². The van der Waals surface area contributed by atoms with Crippen LogP contribution in [-0.2, 0) is 9.53 Å². The predicted molar refractivity (Wildman–Crippen MR) is 68.7 cm³/mol. The number of halogens is 1. The van der Waals surface area contributed by atoms with Crippen LogP contribution in [0.4, 0.5) is 0 Å². The first kappa shape index (κ1) is 19.8. The summed E-state index contributed by atoms with van der Waals surface area (Å²) in [6.45, 7) is 12.8. The highest BCUT2D eigenvalue weighted by atomic mass is 79.9. The molecule has 0 aromatic rings. The number of carbonyl (C=O) groups is 1. The molecule has 0 fully saturated rings. The summed E-state index contributed by atoms with van der Waals surface area (Å²) in [5.74, 6) is -0.942. The average molecular weight is 324 g/mol. The summed E-state index contributed by atoms with van der Waals surface area (Å²) in [4.78, 5) is 11.2. The highest BCUT2D eigenvalue weighted by Crippen LogP contribution is 2.07. The maximum Gasteiger partial charge on any atom is 0.373 e. The first-order chi connectivity index (χ1) is 8.05. The van der Waals surface area contributed by atoms with Crippen LogP contribution in [0.25, 0.3) is 0 Å². The molecule has 0 aromatic carbocycles. The van der Waals surface area contributed by atoms with E-state index in [-0.39, 0.29) is 22.7 Å². The van der Waals surface area contributed by atoms with Crippen molar-refractivity contribution in [3.05, 3.63) is 11.8 Å². The number of rotatable bonds is 8. The SMILES string of the molecule is CC=C(O)C(=O)OCCC[N+](CC)(CC)CC.[Br-]. The highest BCUT2D eigenvalue weighted by Gasteiger charge is 2.20. The van der Waals surface area contributed by atoms with Crippen molar-refractivity contribution in [2.45, 2.75) is 34.1 Å². The number of hydrogen-bond acceptors (Lipinski definition) is 3. The van der Waals surface area contributed by atoms with E-state index in [1.54, 1.807) is 6.92 Å². The normalized spacial score (nSPS) is 11.9. The van der Waals surface area contributed by atoms with Crippen molar-refractivity contribution in [1.82, 2.24) is 0 Å². The predicted octanol–water partition coefficient (Wildman–Crippen LogP) is -0.738. The lowest BCUT2D eigenvalue weighted by atomic mass is 10.3. The van der Waals surface area contributed by atoms with Gasteiger partial charge in [-0.25, -0.2) is 4.79 Å². The molecule has 5 heteroatoms. The van der Waals surface area contributed by atoms with E-state index in [2.05, 4.69) is 20.8 Å². The van der Waals surface area contributed by atoms with Gasteiger partial charge in [-0.15, -0.1) is 0 Å². The van der Waals surface area contributed by atoms with Crippen molar-refractivity contribution >= 4 is 5.97 Å². The van der Waals surface area contributed by atoms with E-state index in [1.165, 1.54) is 6.08 Å². The molecule has 0 saturated carbocycles. The minimum absolute atomic E-state index is 0. The van der Waals surface area contributed by atoms with E-state index in [1.807, 2.05) is 0 Å². The number of aliphatic hydroxyl groups is 1. The Hall–Kier alpha value is -0.550. The molecule has 0 bridgehead atoms. The fraction of sp³-hybridized carbons (Fsp3) is 0.769. The molecule has 0 aliphatic heterocycles. The molecule has 18 heavy (non-hydrogen) atoms. The van der Waals surface area contributed by atoms with Crippen LogP contribution in [0, 0.1) is 0 Å². The third-order valence-corrected chi connectivity index (χ3v) is 3.50. The molecule has 0 radical (unpaired) electrons. The minimum atomic E-state index is -0.630. The Morgan fingerprint density at radius 1 is 1.22 bits per heavy atom. The number of allylic oxidation sites excluding steroid dienone is 1. The Kier molecular flexibility index (Phi) is 11.4. The Morgan fingerprint density at radius 3 is 2.11 bits per heavy atom. The van der Waals surface area contributed by atoms with E-state index < -0.39 is 5.97 Å². The Balaban J connectivity index is 0. The van der Waals surface area contributed by atoms with Crippen LogP contribution >= 0.6 is 0 Å².